The summed E-state index contributed by atoms with van der Waals surface area (Å²) in [5.41, 5.74) is 0.794. The molecule has 0 saturated heterocycles. The van der Waals surface area contributed by atoms with Gasteiger partial charge in [0.05, 0.1) is 18.4 Å². The molecule has 2 aromatic rings. The highest BCUT2D eigenvalue weighted by Gasteiger charge is 2.40. The SMILES string of the molecule is CCn1c(SCC(=O)N[C@@H]2C[C@H]3CC[C@@H]2C3)nnc1-c1cc(Cl)ccc1OC. The normalized spacial score (nSPS) is 23.2. The fourth-order valence-corrected chi connectivity index (χ4v) is 5.52. The van der Waals surface area contributed by atoms with Crippen molar-refractivity contribution in [3.63, 3.8) is 0 Å². The molecule has 1 aromatic carbocycles. The van der Waals surface area contributed by atoms with Gasteiger partial charge in [0.1, 0.15) is 5.75 Å². The number of thioether (sulfide) groups is 1. The number of benzene rings is 1. The van der Waals surface area contributed by atoms with Crippen molar-refractivity contribution in [2.45, 2.75) is 50.4 Å². The zero-order chi connectivity index (χ0) is 19.7. The maximum atomic E-state index is 12.4. The van der Waals surface area contributed by atoms with Gasteiger partial charge in [-0.05, 0) is 56.2 Å². The lowest BCUT2D eigenvalue weighted by molar-refractivity contribution is -0.119. The number of amides is 1. The highest BCUT2D eigenvalue weighted by molar-refractivity contribution is 7.99. The van der Waals surface area contributed by atoms with Gasteiger partial charge in [0.15, 0.2) is 11.0 Å². The van der Waals surface area contributed by atoms with Crippen LogP contribution in [0.2, 0.25) is 5.02 Å². The van der Waals surface area contributed by atoms with Crippen LogP contribution in [0.3, 0.4) is 0 Å². The summed E-state index contributed by atoms with van der Waals surface area (Å²) in [6, 6.07) is 5.79. The second-order valence-electron chi connectivity index (χ2n) is 7.53. The number of ether oxygens (including phenoxy) is 1. The fourth-order valence-electron chi connectivity index (χ4n) is 4.53. The number of nitrogens with zero attached hydrogens (tertiary/aromatic N) is 3. The lowest BCUT2D eigenvalue weighted by Crippen LogP contribution is -2.39. The van der Waals surface area contributed by atoms with Crippen LogP contribution in [-0.2, 0) is 11.3 Å². The van der Waals surface area contributed by atoms with Crippen molar-refractivity contribution in [1.29, 1.82) is 0 Å². The Labute approximate surface area is 174 Å². The van der Waals surface area contributed by atoms with Gasteiger partial charge in [-0.2, -0.15) is 0 Å². The molecule has 2 bridgehead atoms. The van der Waals surface area contributed by atoms with E-state index < -0.39 is 0 Å². The molecule has 28 heavy (non-hydrogen) atoms. The summed E-state index contributed by atoms with van der Waals surface area (Å²) >= 11 is 7.59. The summed E-state index contributed by atoms with van der Waals surface area (Å²) in [5, 5.41) is 13.2. The zero-order valence-corrected chi connectivity index (χ0v) is 17.7. The average molecular weight is 421 g/mol. The van der Waals surface area contributed by atoms with E-state index in [9.17, 15) is 4.79 Å². The zero-order valence-electron chi connectivity index (χ0n) is 16.2. The summed E-state index contributed by atoms with van der Waals surface area (Å²) in [4.78, 5) is 12.4. The molecule has 0 spiro atoms. The first-order valence-corrected chi connectivity index (χ1v) is 11.1. The summed E-state index contributed by atoms with van der Waals surface area (Å²) in [5.74, 6) is 3.31. The van der Waals surface area contributed by atoms with E-state index in [-0.39, 0.29) is 5.91 Å². The van der Waals surface area contributed by atoms with Crippen LogP contribution in [0.5, 0.6) is 5.75 Å². The van der Waals surface area contributed by atoms with Gasteiger partial charge < -0.3 is 14.6 Å². The number of carbonyl (C=O) groups is 1. The van der Waals surface area contributed by atoms with Gasteiger partial charge in [-0.1, -0.05) is 29.8 Å². The quantitative estimate of drug-likeness (QED) is 0.685. The number of nitrogens with one attached hydrogen (secondary N) is 1. The Bertz CT molecular complexity index is 872. The van der Waals surface area contributed by atoms with Gasteiger partial charge in [-0.3, -0.25) is 4.79 Å². The Kier molecular flexibility index (Phi) is 5.83. The Hall–Kier alpha value is -1.73. The van der Waals surface area contributed by atoms with Gasteiger partial charge in [0.2, 0.25) is 5.91 Å². The minimum absolute atomic E-state index is 0.0788. The third-order valence-corrected chi connectivity index (χ3v) is 7.05. The molecule has 1 N–H and O–H groups in total. The second kappa shape index (κ2) is 8.33. The maximum absolute atomic E-state index is 12.4. The molecule has 2 saturated carbocycles. The summed E-state index contributed by atoms with van der Waals surface area (Å²) in [6.07, 6.45) is 5.02. The van der Waals surface area contributed by atoms with Crippen molar-refractivity contribution in [2.75, 3.05) is 12.9 Å². The Morgan fingerprint density at radius 1 is 1.36 bits per heavy atom. The van der Waals surface area contributed by atoms with Crippen LogP contribution < -0.4 is 10.1 Å². The van der Waals surface area contributed by atoms with Crippen LogP contribution in [0.25, 0.3) is 11.4 Å². The second-order valence-corrected chi connectivity index (χ2v) is 8.91. The molecule has 150 valence electrons. The highest BCUT2D eigenvalue weighted by atomic mass is 35.5. The first-order valence-electron chi connectivity index (χ1n) is 9.78. The number of halogens is 1. The summed E-state index contributed by atoms with van der Waals surface area (Å²) in [6.45, 7) is 2.72. The monoisotopic (exact) mass is 420 g/mol. The van der Waals surface area contributed by atoms with Crippen LogP contribution in [0, 0.1) is 11.8 Å². The molecule has 2 aliphatic carbocycles. The molecule has 2 fully saturated rings. The van der Waals surface area contributed by atoms with E-state index in [0.717, 1.165) is 23.1 Å². The van der Waals surface area contributed by atoms with E-state index in [0.29, 0.717) is 40.9 Å². The van der Waals surface area contributed by atoms with Crippen LogP contribution in [-0.4, -0.2) is 39.6 Å². The molecule has 6 nitrogen and oxygen atoms in total. The summed E-state index contributed by atoms with van der Waals surface area (Å²) < 4.78 is 7.44. The topological polar surface area (TPSA) is 69.0 Å². The van der Waals surface area contributed by atoms with Crippen molar-refractivity contribution >= 4 is 29.3 Å². The molecule has 1 heterocycles. The first-order chi connectivity index (χ1) is 13.6. The predicted octanol–water partition coefficient (Wildman–Crippen LogP) is 4.02. The Morgan fingerprint density at radius 3 is 2.89 bits per heavy atom. The van der Waals surface area contributed by atoms with E-state index in [1.54, 1.807) is 13.2 Å². The van der Waals surface area contributed by atoms with E-state index >= 15 is 0 Å². The predicted molar refractivity (Wildman–Crippen MR) is 111 cm³/mol. The number of fused-ring (bicyclic) bond motifs is 2. The molecule has 3 atom stereocenters. The average Bonchev–Trinajstić information content (AvgIpc) is 3.41. The molecule has 8 heteroatoms. The fraction of sp³-hybridized carbons (Fsp3) is 0.550. The van der Waals surface area contributed by atoms with Crippen molar-refractivity contribution in [1.82, 2.24) is 20.1 Å². The third kappa shape index (κ3) is 3.87. The maximum Gasteiger partial charge on any atom is 0.230 e. The van der Waals surface area contributed by atoms with Crippen LogP contribution in [0.4, 0.5) is 0 Å². The van der Waals surface area contributed by atoms with Crippen LogP contribution >= 0.6 is 23.4 Å². The van der Waals surface area contributed by atoms with E-state index in [1.807, 2.05) is 23.6 Å². The molecule has 0 aliphatic heterocycles. The molecule has 1 aromatic heterocycles. The summed E-state index contributed by atoms with van der Waals surface area (Å²) in [7, 11) is 1.62. The minimum atomic E-state index is 0.0788. The first kappa shape index (κ1) is 19.6. The number of rotatable bonds is 7. The van der Waals surface area contributed by atoms with Gasteiger partial charge >= 0.3 is 0 Å². The molecule has 0 unspecified atom stereocenters. The van der Waals surface area contributed by atoms with E-state index in [1.165, 1.54) is 31.0 Å². The smallest absolute Gasteiger partial charge is 0.230 e. The van der Waals surface area contributed by atoms with Gasteiger partial charge in [0.25, 0.3) is 0 Å². The number of hydrogen-bond donors (Lipinski definition) is 1. The van der Waals surface area contributed by atoms with Crippen molar-refractivity contribution < 1.29 is 9.53 Å². The van der Waals surface area contributed by atoms with Gasteiger partial charge in [0, 0.05) is 17.6 Å². The van der Waals surface area contributed by atoms with Crippen molar-refractivity contribution in [3.05, 3.63) is 23.2 Å². The number of aromatic nitrogens is 3. The lowest BCUT2D eigenvalue weighted by Gasteiger charge is -2.22. The Morgan fingerprint density at radius 2 is 2.21 bits per heavy atom. The van der Waals surface area contributed by atoms with E-state index in [2.05, 4.69) is 15.5 Å². The number of methoxy groups -OCH3 is 1. The molecule has 4 rings (SSSR count). The van der Waals surface area contributed by atoms with Gasteiger partial charge in [-0.15, -0.1) is 10.2 Å². The molecule has 1 amide bonds. The number of carbonyl (C=O) groups excluding carboxylic acids is 1. The minimum Gasteiger partial charge on any atom is -0.496 e. The molecule has 0 radical (unpaired) electrons. The largest absolute Gasteiger partial charge is 0.496 e. The third-order valence-electron chi connectivity index (χ3n) is 5.85. The lowest BCUT2D eigenvalue weighted by atomic mass is 9.95. The Balaban J connectivity index is 1.44. The highest BCUT2D eigenvalue weighted by Crippen LogP contribution is 2.44. The molecule has 2 aliphatic rings. The van der Waals surface area contributed by atoms with E-state index in [4.69, 9.17) is 16.3 Å². The standard InChI is InChI=1S/C20H25ClN4O2S/c1-3-25-19(15-10-14(21)6-7-17(15)27-2)23-24-20(25)28-11-18(26)22-16-9-12-4-5-13(16)8-12/h6-7,10,12-13,16H,3-5,8-9,11H2,1-2H3,(H,22,26)/t12-,13+,16+/m0/s1. The van der Waals surface area contributed by atoms with Crippen LogP contribution in [0.15, 0.2) is 23.4 Å². The number of hydrogen-bond acceptors (Lipinski definition) is 5. The van der Waals surface area contributed by atoms with Crippen LogP contribution in [0.1, 0.15) is 32.6 Å². The van der Waals surface area contributed by atoms with Crippen molar-refractivity contribution in [3.8, 4) is 17.1 Å². The molecular weight excluding hydrogens is 396 g/mol. The molecular formula is C20H25ClN4O2S. The van der Waals surface area contributed by atoms with Gasteiger partial charge in [-0.25, -0.2) is 0 Å². The van der Waals surface area contributed by atoms with Crippen molar-refractivity contribution in [2.24, 2.45) is 11.8 Å².